The lowest BCUT2D eigenvalue weighted by Gasteiger charge is -2.12. The van der Waals surface area contributed by atoms with E-state index in [0.29, 0.717) is 11.1 Å². The second-order valence-corrected chi connectivity index (χ2v) is 4.68. The third-order valence-electron chi connectivity index (χ3n) is 2.15. The van der Waals surface area contributed by atoms with E-state index in [2.05, 4.69) is 21.2 Å². The highest BCUT2D eigenvalue weighted by molar-refractivity contribution is 9.10. The molecular formula is C10H11BrClNO. The molecule has 1 aromatic carbocycles. The van der Waals surface area contributed by atoms with Gasteiger partial charge >= 0.3 is 0 Å². The van der Waals surface area contributed by atoms with Crippen molar-refractivity contribution in [1.82, 2.24) is 0 Å². The molecule has 0 heterocycles. The Morgan fingerprint density at radius 1 is 1.50 bits per heavy atom. The first-order valence-corrected chi connectivity index (χ1v) is 5.67. The fourth-order valence-corrected chi connectivity index (χ4v) is 2.29. The molecule has 0 saturated heterocycles. The number of methoxy groups -OCH3 is 1. The van der Waals surface area contributed by atoms with Crippen molar-refractivity contribution < 1.29 is 4.74 Å². The molecule has 1 N–H and O–H groups in total. The van der Waals surface area contributed by atoms with Crippen molar-refractivity contribution in [3.8, 4) is 5.75 Å². The maximum Gasteiger partial charge on any atom is 0.156 e. The molecule has 1 aliphatic carbocycles. The SMILES string of the molecule is COc1c(Br)cc(Cl)cc1NC1CC1. The van der Waals surface area contributed by atoms with Crippen molar-refractivity contribution in [2.24, 2.45) is 0 Å². The Morgan fingerprint density at radius 2 is 2.21 bits per heavy atom. The molecule has 0 radical (unpaired) electrons. The Morgan fingerprint density at radius 3 is 2.79 bits per heavy atom. The van der Waals surface area contributed by atoms with Gasteiger partial charge in [0, 0.05) is 11.1 Å². The van der Waals surface area contributed by atoms with Gasteiger partial charge in [-0.05, 0) is 40.9 Å². The number of rotatable bonds is 3. The van der Waals surface area contributed by atoms with Crippen molar-refractivity contribution in [1.29, 1.82) is 0 Å². The lowest BCUT2D eigenvalue weighted by atomic mass is 10.3. The maximum atomic E-state index is 5.96. The lowest BCUT2D eigenvalue weighted by molar-refractivity contribution is 0.414. The zero-order chi connectivity index (χ0) is 10.1. The summed E-state index contributed by atoms with van der Waals surface area (Å²) < 4.78 is 6.18. The van der Waals surface area contributed by atoms with E-state index in [1.807, 2.05) is 12.1 Å². The third kappa shape index (κ3) is 2.15. The van der Waals surface area contributed by atoms with E-state index < -0.39 is 0 Å². The van der Waals surface area contributed by atoms with Crippen LogP contribution in [0.3, 0.4) is 0 Å². The molecule has 14 heavy (non-hydrogen) atoms. The number of benzene rings is 1. The van der Waals surface area contributed by atoms with E-state index in [0.717, 1.165) is 15.9 Å². The van der Waals surface area contributed by atoms with Gasteiger partial charge in [-0.2, -0.15) is 0 Å². The second-order valence-electron chi connectivity index (χ2n) is 3.39. The van der Waals surface area contributed by atoms with Gasteiger partial charge in [-0.25, -0.2) is 0 Å². The molecule has 2 rings (SSSR count). The standard InChI is InChI=1S/C10H11BrClNO/c1-14-10-8(11)4-6(12)5-9(10)13-7-2-3-7/h4-5,7,13H,2-3H2,1H3. The molecule has 2 nitrogen and oxygen atoms in total. The molecular weight excluding hydrogens is 265 g/mol. The molecule has 0 unspecified atom stereocenters. The summed E-state index contributed by atoms with van der Waals surface area (Å²) in [7, 11) is 1.66. The van der Waals surface area contributed by atoms with Gasteiger partial charge in [0.1, 0.15) is 0 Å². The second kappa shape index (κ2) is 3.99. The molecule has 0 spiro atoms. The van der Waals surface area contributed by atoms with E-state index in [9.17, 15) is 0 Å². The first-order chi connectivity index (χ1) is 6.70. The van der Waals surface area contributed by atoms with Crippen molar-refractivity contribution in [3.05, 3.63) is 21.6 Å². The van der Waals surface area contributed by atoms with E-state index in [-0.39, 0.29) is 0 Å². The Bertz CT molecular complexity index is 352. The average Bonchev–Trinajstić information content (AvgIpc) is 2.87. The fraction of sp³-hybridized carbons (Fsp3) is 0.400. The summed E-state index contributed by atoms with van der Waals surface area (Å²) in [5.41, 5.74) is 0.967. The molecule has 1 saturated carbocycles. The predicted molar refractivity (Wildman–Crippen MR) is 62.3 cm³/mol. The summed E-state index contributed by atoms with van der Waals surface area (Å²) in [4.78, 5) is 0. The van der Waals surface area contributed by atoms with Crippen LogP contribution in [0.4, 0.5) is 5.69 Å². The fourth-order valence-electron chi connectivity index (χ4n) is 1.32. The lowest BCUT2D eigenvalue weighted by Crippen LogP contribution is -2.03. The summed E-state index contributed by atoms with van der Waals surface area (Å²) in [5.74, 6) is 0.821. The molecule has 0 atom stereocenters. The maximum absolute atomic E-state index is 5.96. The molecule has 0 aromatic heterocycles. The highest BCUT2D eigenvalue weighted by Crippen LogP contribution is 2.38. The van der Waals surface area contributed by atoms with Gasteiger partial charge in [0.2, 0.25) is 0 Å². The summed E-state index contributed by atoms with van der Waals surface area (Å²) >= 11 is 9.38. The van der Waals surface area contributed by atoms with Gasteiger partial charge in [0.05, 0.1) is 17.3 Å². The quantitative estimate of drug-likeness (QED) is 0.909. The van der Waals surface area contributed by atoms with E-state index in [1.165, 1.54) is 12.8 Å². The summed E-state index contributed by atoms with van der Waals surface area (Å²) in [5, 5.41) is 4.09. The number of ether oxygens (including phenoxy) is 1. The zero-order valence-electron chi connectivity index (χ0n) is 7.81. The zero-order valence-corrected chi connectivity index (χ0v) is 10.2. The van der Waals surface area contributed by atoms with Crippen LogP contribution in [0, 0.1) is 0 Å². The molecule has 0 bridgehead atoms. The van der Waals surface area contributed by atoms with Crippen LogP contribution in [0.5, 0.6) is 5.75 Å². The number of hydrogen-bond donors (Lipinski definition) is 1. The minimum atomic E-state index is 0.592. The summed E-state index contributed by atoms with van der Waals surface area (Å²) in [6.45, 7) is 0. The van der Waals surface area contributed by atoms with Crippen molar-refractivity contribution in [3.63, 3.8) is 0 Å². The van der Waals surface area contributed by atoms with Crippen LogP contribution in [0.1, 0.15) is 12.8 Å². The van der Waals surface area contributed by atoms with Crippen LogP contribution in [-0.2, 0) is 0 Å². The molecule has 0 amide bonds. The molecule has 0 aliphatic heterocycles. The Kier molecular flexibility index (Phi) is 2.88. The average molecular weight is 277 g/mol. The van der Waals surface area contributed by atoms with Gasteiger partial charge in [-0.3, -0.25) is 0 Å². The monoisotopic (exact) mass is 275 g/mol. The topological polar surface area (TPSA) is 21.3 Å². The summed E-state index contributed by atoms with van der Waals surface area (Å²) in [6, 6.07) is 4.32. The predicted octanol–water partition coefficient (Wildman–Crippen LogP) is 3.69. The highest BCUT2D eigenvalue weighted by Gasteiger charge is 2.23. The van der Waals surface area contributed by atoms with E-state index in [4.69, 9.17) is 16.3 Å². The van der Waals surface area contributed by atoms with Gasteiger partial charge in [0.15, 0.2) is 5.75 Å². The minimum absolute atomic E-state index is 0.592. The molecule has 1 aliphatic rings. The van der Waals surface area contributed by atoms with Gasteiger partial charge in [-0.1, -0.05) is 11.6 Å². The number of hydrogen-bond acceptors (Lipinski definition) is 2. The highest BCUT2D eigenvalue weighted by atomic mass is 79.9. The number of anilines is 1. The largest absolute Gasteiger partial charge is 0.493 e. The Labute approximate surface area is 96.7 Å². The van der Waals surface area contributed by atoms with Crippen LogP contribution >= 0.6 is 27.5 Å². The Hall–Kier alpha value is -0.410. The van der Waals surface area contributed by atoms with Gasteiger partial charge in [-0.15, -0.1) is 0 Å². The molecule has 1 aromatic rings. The number of halogens is 2. The van der Waals surface area contributed by atoms with Crippen LogP contribution in [-0.4, -0.2) is 13.2 Å². The first-order valence-electron chi connectivity index (χ1n) is 4.50. The normalized spacial score (nSPS) is 15.4. The van der Waals surface area contributed by atoms with Crippen LogP contribution in [0.15, 0.2) is 16.6 Å². The van der Waals surface area contributed by atoms with Crippen molar-refractivity contribution in [2.75, 3.05) is 12.4 Å². The van der Waals surface area contributed by atoms with Gasteiger partial charge in [0.25, 0.3) is 0 Å². The minimum Gasteiger partial charge on any atom is -0.493 e. The third-order valence-corrected chi connectivity index (χ3v) is 2.96. The smallest absolute Gasteiger partial charge is 0.156 e. The van der Waals surface area contributed by atoms with Crippen LogP contribution < -0.4 is 10.1 Å². The van der Waals surface area contributed by atoms with Crippen LogP contribution in [0.25, 0.3) is 0 Å². The molecule has 76 valence electrons. The molecule has 1 fully saturated rings. The van der Waals surface area contributed by atoms with Crippen LogP contribution in [0.2, 0.25) is 5.02 Å². The number of nitrogens with one attached hydrogen (secondary N) is 1. The van der Waals surface area contributed by atoms with Crippen molar-refractivity contribution in [2.45, 2.75) is 18.9 Å². The van der Waals surface area contributed by atoms with E-state index in [1.54, 1.807) is 7.11 Å². The van der Waals surface area contributed by atoms with Crippen molar-refractivity contribution >= 4 is 33.2 Å². The first kappa shape index (κ1) is 10.1. The van der Waals surface area contributed by atoms with Gasteiger partial charge < -0.3 is 10.1 Å². The summed E-state index contributed by atoms with van der Waals surface area (Å²) in [6.07, 6.45) is 2.46. The van der Waals surface area contributed by atoms with E-state index >= 15 is 0 Å². The molecule has 4 heteroatoms. The Balaban J connectivity index is 2.33.